The Hall–Kier alpha value is -3.80. The van der Waals surface area contributed by atoms with Crippen molar-refractivity contribution in [3.63, 3.8) is 0 Å². The molecular weight excluding hydrogens is 450 g/mol. The van der Waals surface area contributed by atoms with Crippen LogP contribution in [0.3, 0.4) is 0 Å². The molecule has 0 fully saturated rings. The number of para-hydroxylation sites is 1. The highest BCUT2D eigenvalue weighted by Gasteiger charge is 2.16. The number of nitrogens with one attached hydrogen (secondary N) is 2. The summed E-state index contributed by atoms with van der Waals surface area (Å²) < 4.78 is 5.84. The Labute approximate surface area is 214 Å². The third kappa shape index (κ3) is 8.45. The van der Waals surface area contributed by atoms with Gasteiger partial charge in [0.25, 0.3) is 5.91 Å². The van der Waals surface area contributed by atoms with Gasteiger partial charge in [0.15, 0.2) is 0 Å². The van der Waals surface area contributed by atoms with Crippen LogP contribution in [-0.2, 0) is 4.79 Å². The van der Waals surface area contributed by atoms with Gasteiger partial charge in [-0.3, -0.25) is 9.59 Å². The van der Waals surface area contributed by atoms with Crippen molar-refractivity contribution in [2.75, 3.05) is 35.2 Å². The molecule has 3 aromatic carbocycles. The molecule has 2 N–H and O–H groups in total. The summed E-state index contributed by atoms with van der Waals surface area (Å²) in [4.78, 5) is 27.1. The van der Waals surface area contributed by atoms with E-state index in [1.54, 1.807) is 29.2 Å². The molecule has 3 aromatic rings. The molecule has 190 valence electrons. The predicted molar refractivity (Wildman–Crippen MR) is 148 cm³/mol. The van der Waals surface area contributed by atoms with Crippen molar-refractivity contribution in [3.05, 3.63) is 84.4 Å². The Bertz CT molecular complexity index is 1080. The molecule has 0 radical (unpaired) electrons. The van der Waals surface area contributed by atoms with Crippen molar-refractivity contribution >= 4 is 28.9 Å². The summed E-state index contributed by atoms with van der Waals surface area (Å²) in [7, 11) is 0. The lowest BCUT2D eigenvalue weighted by atomic mass is 10.1. The Morgan fingerprint density at radius 2 is 1.56 bits per heavy atom. The van der Waals surface area contributed by atoms with Gasteiger partial charge in [-0.15, -0.1) is 0 Å². The number of amides is 2. The van der Waals surface area contributed by atoms with Crippen LogP contribution >= 0.6 is 0 Å². The second-order valence-electron chi connectivity index (χ2n) is 8.65. The van der Waals surface area contributed by atoms with Gasteiger partial charge in [-0.1, -0.05) is 56.9 Å². The number of ether oxygens (including phenoxy) is 1. The standard InChI is InChI=1S/C30H37N3O3/c1-3-5-6-7-11-21-36-28-16-12-13-26(22-28)31-23-29(34)32-25-19-17-24(18-20-25)30(35)33(4-2)27-14-9-8-10-15-27/h8-10,12-20,22,31H,3-7,11,21,23H2,1-2H3,(H,32,34). The van der Waals surface area contributed by atoms with E-state index >= 15 is 0 Å². The van der Waals surface area contributed by atoms with E-state index in [9.17, 15) is 9.59 Å². The number of benzene rings is 3. The highest BCUT2D eigenvalue weighted by atomic mass is 16.5. The van der Waals surface area contributed by atoms with Crippen LogP contribution < -0.4 is 20.3 Å². The van der Waals surface area contributed by atoms with Crippen LogP contribution in [0.25, 0.3) is 0 Å². The van der Waals surface area contributed by atoms with E-state index in [0.29, 0.717) is 24.4 Å². The maximum atomic E-state index is 12.9. The minimum absolute atomic E-state index is 0.0775. The lowest BCUT2D eigenvalue weighted by Crippen LogP contribution is -2.30. The Morgan fingerprint density at radius 3 is 2.28 bits per heavy atom. The van der Waals surface area contributed by atoms with Gasteiger partial charge >= 0.3 is 0 Å². The maximum Gasteiger partial charge on any atom is 0.258 e. The first-order chi connectivity index (χ1) is 17.6. The molecule has 3 rings (SSSR count). The first kappa shape index (κ1) is 26.8. The molecule has 0 atom stereocenters. The zero-order valence-electron chi connectivity index (χ0n) is 21.3. The zero-order chi connectivity index (χ0) is 25.6. The topological polar surface area (TPSA) is 70.7 Å². The number of nitrogens with zero attached hydrogens (tertiary/aromatic N) is 1. The fourth-order valence-electron chi connectivity index (χ4n) is 3.88. The van der Waals surface area contributed by atoms with E-state index in [1.165, 1.54) is 25.7 Å². The molecule has 2 amide bonds. The minimum atomic E-state index is -0.171. The molecule has 0 unspecified atom stereocenters. The Balaban J connectivity index is 1.46. The van der Waals surface area contributed by atoms with Gasteiger partial charge in [0.2, 0.25) is 5.91 Å². The van der Waals surface area contributed by atoms with Crippen molar-refractivity contribution in [2.24, 2.45) is 0 Å². The molecule has 36 heavy (non-hydrogen) atoms. The molecule has 0 spiro atoms. The zero-order valence-corrected chi connectivity index (χ0v) is 21.3. The van der Waals surface area contributed by atoms with Gasteiger partial charge in [0.1, 0.15) is 5.75 Å². The lowest BCUT2D eigenvalue weighted by Gasteiger charge is -2.21. The first-order valence-corrected chi connectivity index (χ1v) is 12.8. The van der Waals surface area contributed by atoms with Crippen molar-refractivity contribution in [1.82, 2.24) is 0 Å². The number of carbonyl (C=O) groups is 2. The number of carbonyl (C=O) groups excluding carboxylic acids is 2. The molecule has 0 saturated carbocycles. The summed E-state index contributed by atoms with van der Waals surface area (Å²) in [5.41, 5.74) is 2.89. The van der Waals surface area contributed by atoms with Crippen molar-refractivity contribution in [1.29, 1.82) is 0 Å². The van der Waals surface area contributed by atoms with E-state index in [-0.39, 0.29) is 18.4 Å². The van der Waals surface area contributed by atoms with Crippen LogP contribution in [0.5, 0.6) is 5.75 Å². The summed E-state index contributed by atoms with van der Waals surface area (Å²) in [6.45, 7) is 5.55. The summed E-state index contributed by atoms with van der Waals surface area (Å²) in [5, 5.41) is 6.01. The Kier molecular flexibility index (Phi) is 10.8. The van der Waals surface area contributed by atoms with Crippen LogP contribution in [0.15, 0.2) is 78.9 Å². The second kappa shape index (κ2) is 14.6. The molecule has 0 aliphatic heterocycles. The largest absolute Gasteiger partial charge is 0.494 e. The summed E-state index contributed by atoms with van der Waals surface area (Å²) >= 11 is 0. The number of rotatable bonds is 14. The fraction of sp³-hybridized carbons (Fsp3) is 0.333. The number of hydrogen-bond acceptors (Lipinski definition) is 4. The quantitative estimate of drug-likeness (QED) is 0.247. The average molecular weight is 488 g/mol. The lowest BCUT2D eigenvalue weighted by molar-refractivity contribution is -0.114. The van der Waals surface area contributed by atoms with Gasteiger partial charge in [-0.05, 0) is 61.9 Å². The highest BCUT2D eigenvalue weighted by Crippen LogP contribution is 2.19. The minimum Gasteiger partial charge on any atom is -0.494 e. The molecule has 0 aliphatic carbocycles. The SMILES string of the molecule is CCCCCCCOc1cccc(NCC(=O)Nc2ccc(C(=O)N(CC)c3ccccc3)cc2)c1. The summed E-state index contributed by atoms with van der Waals surface area (Å²) in [6.07, 6.45) is 5.99. The van der Waals surface area contributed by atoms with Gasteiger partial charge < -0.3 is 20.3 Å². The van der Waals surface area contributed by atoms with E-state index in [1.807, 2.05) is 61.5 Å². The molecule has 0 bridgehead atoms. The van der Waals surface area contributed by atoms with E-state index in [0.717, 1.165) is 23.5 Å². The third-order valence-corrected chi connectivity index (χ3v) is 5.85. The summed E-state index contributed by atoms with van der Waals surface area (Å²) in [5.74, 6) is 0.551. The van der Waals surface area contributed by atoms with Gasteiger partial charge in [-0.25, -0.2) is 0 Å². The Morgan fingerprint density at radius 1 is 0.806 bits per heavy atom. The van der Waals surface area contributed by atoms with Crippen molar-refractivity contribution in [2.45, 2.75) is 46.0 Å². The van der Waals surface area contributed by atoms with E-state index in [2.05, 4.69) is 17.6 Å². The molecule has 0 heterocycles. The smallest absolute Gasteiger partial charge is 0.258 e. The van der Waals surface area contributed by atoms with Gasteiger partial charge in [0.05, 0.1) is 13.2 Å². The fourth-order valence-corrected chi connectivity index (χ4v) is 3.88. The van der Waals surface area contributed by atoms with Crippen LogP contribution in [-0.4, -0.2) is 31.5 Å². The normalized spacial score (nSPS) is 10.5. The molecule has 0 aromatic heterocycles. The molecular formula is C30H37N3O3. The third-order valence-electron chi connectivity index (χ3n) is 5.85. The van der Waals surface area contributed by atoms with Crippen molar-refractivity contribution < 1.29 is 14.3 Å². The van der Waals surface area contributed by atoms with Crippen LogP contribution in [0, 0.1) is 0 Å². The van der Waals surface area contributed by atoms with E-state index in [4.69, 9.17) is 4.74 Å². The van der Waals surface area contributed by atoms with Crippen LogP contribution in [0.2, 0.25) is 0 Å². The maximum absolute atomic E-state index is 12.9. The molecule has 0 saturated heterocycles. The predicted octanol–water partition coefficient (Wildman–Crippen LogP) is 6.75. The first-order valence-electron chi connectivity index (χ1n) is 12.8. The second-order valence-corrected chi connectivity index (χ2v) is 8.65. The molecule has 6 heteroatoms. The van der Waals surface area contributed by atoms with Crippen LogP contribution in [0.4, 0.5) is 17.1 Å². The van der Waals surface area contributed by atoms with Gasteiger partial charge in [0, 0.05) is 35.2 Å². The molecule has 6 nitrogen and oxygen atoms in total. The highest BCUT2D eigenvalue weighted by molar-refractivity contribution is 6.06. The van der Waals surface area contributed by atoms with Crippen LogP contribution in [0.1, 0.15) is 56.3 Å². The monoisotopic (exact) mass is 487 g/mol. The number of anilines is 3. The molecule has 0 aliphatic rings. The van der Waals surface area contributed by atoms with E-state index < -0.39 is 0 Å². The van der Waals surface area contributed by atoms with Gasteiger partial charge in [-0.2, -0.15) is 0 Å². The summed E-state index contributed by atoms with van der Waals surface area (Å²) in [6, 6.07) is 24.2. The number of hydrogen-bond donors (Lipinski definition) is 2. The average Bonchev–Trinajstić information content (AvgIpc) is 2.91. The number of unbranched alkanes of at least 4 members (excludes halogenated alkanes) is 4. The van der Waals surface area contributed by atoms with Crippen molar-refractivity contribution in [3.8, 4) is 5.75 Å².